The van der Waals surface area contributed by atoms with E-state index in [0.29, 0.717) is 17.5 Å². The lowest BCUT2D eigenvalue weighted by Gasteiger charge is -2.33. The number of nitrogen functional groups attached to an aromatic ring is 1. The molecule has 2 N–H and O–H groups in total. The first-order valence-electron chi connectivity index (χ1n) is 8.77. The Morgan fingerprint density at radius 1 is 1.27 bits per heavy atom. The fraction of sp³-hybridized carbons (Fsp3) is 0.562. The van der Waals surface area contributed by atoms with Gasteiger partial charge in [0.2, 0.25) is 5.95 Å². The second-order valence-corrected chi connectivity index (χ2v) is 7.09. The number of rotatable bonds is 4. The van der Waals surface area contributed by atoms with Gasteiger partial charge in [-0.2, -0.15) is 4.98 Å². The van der Waals surface area contributed by atoms with Crippen molar-refractivity contribution in [1.82, 2.24) is 39.2 Å². The van der Waals surface area contributed by atoms with Crippen LogP contribution in [0.2, 0.25) is 0 Å². The summed E-state index contributed by atoms with van der Waals surface area (Å²) in [6, 6.07) is 1.93. The van der Waals surface area contributed by atoms with Crippen LogP contribution in [0, 0.1) is 0 Å². The maximum atomic E-state index is 6.04. The minimum atomic E-state index is 0.314. The van der Waals surface area contributed by atoms with Crippen molar-refractivity contribution in [3.63, 3.8) is 0 Å². The summed E-state index contributed by atoms with van der Waals surface area (Å²) in [5.74, 6) is 3.56. The molecule has 3 aromatic rings. The van der Waals surface area contributed by atoms with Crippen molar-refractivity contribution < 1.29 is 0 Å². The van der Waals surface area contributed by atoms with Crippen LogP contribution in [0.25, 0.3) is 5.65 Å². The second-order valence-electron chi connectivity index (χ2n) is 7.09. The molecule has 0 spiro atoms. The monoisotopic (exact) mass is 356 g/mol. The standard InChI is InChI=1S/C16H24N10/c1-23(2)9-14-21-22-15(24(14)3)11-5-4-6-25(8-11)12-7-13-20-18-10-26(13)16(17)19-12/h7,10-11H,4-6,8-9H2,1-3H3,(H2,17,19)/t11-/m1/s1. The molecule has 0 unspecified atom stereocenters. The number of piperidine rings is 1. The van der Waals surface area contributed by atoms with Crippen LogP contribution in [0.1, 0.15) is 30.4 Å². The van der Waals surface area contributed by atoms with Crippen molar-refractivity contribution in [3.8, 4) is 0 Å². The fourth-order valence-electron chi connectivity index (χ4n) is 3.55. The zero-order valence-electron chi connectivity index (χ0n) is 15.4. The highest BCUT2D eigenvalue weighted by atomic mass is 15.3. The van der Waals surface area contributed by atoms with E-state index in [1.807, 2.05) is 27.2 Å². The summed E-state index contributed by atoms with van der Waals surface area (Å²) in [5.41, 5.74) is 6.75. The van der Waals surface area contributed by atoms with E-state index in [9.17, 15) is 0 Å². The predicted molar refractivity (Wildman–Crippen MR) is 97.8 cm³/mol. The van der Waals surface area contributed by atoms with Gasteiger partial charge in [0.25, 0.3) is 0 Å². The minimum absolute atomic E-state index is 0.314. The van der Waals surface area contributed by atoms with Crippen LogP contribution in [0.4, 0.5) is 11.8 Å². The first-order valence-corrected chi connectivity index (χ1v) is 8.77. The van der Waals surface area contributed by atoms with Gasteiger partial charge in [-0.15, -0.1) is 20.4 Å². The first-order chi connectivity index (χ1) is 12.5. The average molecular weight is 356 g/mol. The Kier molecular flexibility index (Phi) is 4.19. The molecule has 0 aromatic carbocycles. The van der Waals surface area contributed by atoms with Crippen molar-refractivity contribution in [2.75, 3.05) is 37.8 Å². The van der Waals surface area contributed by atoms with Crippen LogP contribution in [-0.4, -0.2) is 66.4 Å². The molecule has 138 valence electrons. The molecule has 0 amide bonds. The number of nitrogens with two attached hydrogens (primary N) is 1. The lowest BCUT2D eigenvalue weighted by atomic mass is 9.97. The van der Waals surface area contributed by atoms with E-state index in [1.165, 1.54) is 0 Å². The van der Waals surface area contributed by atoms with Gasteiger partial charge >= 0.3 is 0 Å². The molecule has 0 aliphatic carbocycles. The normalized spacial score (nSPS) is 18.2. The van der Waals surface area contributed by atoms with E-state index < -0.39 is 0 Å². The molecule has 4 rings (SSSR count). The van der Waals surface area contributed by atoms with Crippen LogP contribution in [0.3, 0.4) is 0 Å². The van der Waals surface area contributed by atoms with E-state index in [4.69, 9.17) is 5.73 Å². The van der Waals surface area contributed by atoms with Gasteiger partial charge in [0.05, 0.1) is 6.54 Å². The molecule has 1 aliphatic heterocycles. The topological polar surface area (TPSA) is 106 Å². The maximum absolute atomic E-state index is 6.04. The molecular formula is C16H24N10. The highest BCUT2D eigenvalue weighted by Crippen LogP contribution is 2.29. The molecule has 10 nitrogen and oxygen atoms in total. The van der Waals surface area contributed by atoms with Gasteiger partial charge in [0, 0.05) is 32.1 Å². The summed E-state index contributed by atoms with van der Waals surface area (Å²) in [6.07, 6.45) is 3.74. The first kappa shape index (κ1) is 16.7. The molecule has 0 radical (unpaired) electrons. The molecule has 4 heterocycles. The maximum Gasteiger partial charge on any atom is 0.209 e. The summed E-state index contributed by atoms with van der Waals surface area (Å²) in [4.78, 5) is 8.88. The van der Waals surface area contributed by atoms with Crippen molar-refractivity contribution >= 4 is 17.4 Å². The summed E-state index contributed by atoms with van der Waals surface area (Å²) >= 11 is 0. The second kappa shape index (κ2) is 6.52. The zero-order chi connectivity index (χ0) is 18.3. The third kappa shape index (κ3) is 2.96. The lowest BCUT2D eigenvalue weighted by Crippen LogP contribution is -2.36. The van der Waals surface area contributed by atoms with Crippen molar-refractivity contribution in [3.05, 3.63) is 24.0 Å². The Balaban J connectivity index is 1.58. The Morgan fingerprint density at radius 2 is 2.12 bits per heavy atom. The Morgan fingerprint density at radius 3 is 2.92 bits per heavy atom. The van der Waals surface area contributed by atoms with Gasteiger partial charge < -0.3 is 20.1 Å². The molecule has 26 heavy (non-hydrogen) atoms. The van der Waals surface area contributed by atoms with Crippen LogP contribution in [-0.2, 0) is 13.6 Å². The largest absolute Gasteiger partial charge is 0.369 e. The Bertz CT molecular complexity index is 911. The van der Waals surface area contributed by atoms with Crippen molar-refractivity contribution in [2.24, 2.45) is 7.05 Å². The number of nitrogens with zero attached hydrogens (tertiary/aromatic N) is 9. The van der Waals surface area contributed by atoms with E-state index in [2.05, 4.69) is 39.7 Å². The van der Waals surface area contributed by atoms with Crippen molar-refractivity contribution in [2.45, 2.75) is 25.3 Å². The third-order valence-corrected chi connectivity index (χ3v) is 4.88. The molecule has 0 bridgehead atoms. The van der Waals surface area contributed by atoms with Gasteiger partial charge in [0.1, 0.15) is 23.8 Å². The van der Waals surface area contributed by atoms with Gasteiger partial charge in [0.15, 0.2) is 5.65 Å². The molecule has 3 aromatic heterocycles. The minimum Gasteiger partial charge on any atom is -0.369 e. The van der Waals surface area contributed by atoms with Gasteiger partial charge in [-0.25, -0.2) is 0 Å². The van der Waals surface area contributed by atoms with Gasteiger partial charge in [-0.3, -0.25) is 4.40 Å². The third-order valence-electron chi connectivity index (χ3n) is 4.88. The van der Waals surface area contributed by atoms with E-state index in [1.54, 1.807) is 10.7 Å². The molecule has 1 fully saturated rings. The summed E-state index contributed by atoms with van der Waals surface area (Å²) in [7, 11) is 6.12. The smallest absolute Gasteiger partial charge is 0.209 e. The summed E-state index contributed by atoms with van der Waals surface area (Å²) in [6.45, 7) is 2.56. The number of fused-ring (bicyclic) bond motifs is 1. The fourth-order valence-corrected chi connectivity index (χ4v) is 3.55. The molecule has 1 saturated heterocycles. The van der Waals surface area contributed by atoms with Crippen molar-refractivity contribution in [1.29, 1.82) is 0 Å². The number of aromatic nitrogens is 7. The zero-order valence-corrected chi connectivity index (χ0v) is 15.4. The highest BCUT2D eigenvalue weighted by molar-refractivity contribution is 5.55. The van der Waals surface area contributed by atoms with Gasteiger partial charge in [-0.1, -0.05) is 0 Å². The van der Waals surface area contributed by atoms with E-state index >= 15 is 0 Å². The quantitative estimate of drug-likeness (QED) is 0.710. The molecule has 1 atom stereocenters. The van der Waals surface area contributed by atoms with E-state index in [0.717, 1.165) is 49.9 Å². The average Bonchev–Trinajstić information content (AvgIpc) is 3.22. The Labute approximate surface area is 151 Å². The van der Waals surface area contributed by atoms with E-state index in [-0.39, 0.29) is 0 Å². The summed E-state index contributed by atoms with van der Waals surface area (Å²) < 4.78 is 3.80. The Hall–Kier alpha value is -2.75. The van der Waals surface area contributed by atoms with Crippen LogP contribution < -0.4 is 10.6 Å². The molecule has 1 aliphatic rings. The van der Waals surface area contributed by atoms with Crippen LogP contribution in [0.5, 0.6) is 0 Å². The molecular weight excluding hydrogens is 332 g/mol. The number of anilines is 2. The SMILES string of the molecule is CN(C)Cc1nnc([C@@H]2CCCN(c3cc4nncn4c(N)n3)C2)n1C. The number of hydrogen-bond acceptors (Lipinski definition) is 8. The lowest BCUT2D eigenvalue weighted by molar-refractivity contribution is 0.382. The predicted octanol–water partition coefficient (Wildman–Crippen LogP) is 0.281. The van der Waals surface area contributed by atoms with Crippen LogP contribution >= 0.6 is 0 Å². The number of hydrogen-bond donors (Lipinski definition) is 1. The van der Waals surface area contributed by atoms with Crippen LogP contribution in [0.15, 0.2) is 12.4 Å². The van der Waals surface area contributed by atoms with Gasteiger partial charge in [-0.05, 0) is 26.9 Å². The highest BCUT2D eigenvalue weighted by Gasteiger charge is 2.27. The summed E-state index contributed by atoms with van der Waals surface area (Å²) in [5, 5.41) is 16.8. The molecule has 0 saturated carbocycles. The molecule has 10 heteroatoms.